The molecule has 0 heterocycles. The summed E-state index contributed by atoms with van der Waals surface area (Å²) < 4.78 is 5.50. The molecule has 1 saturated carbocycles. The van der Waals surface area contributed by atoms with Crippen molar-refractivity contribution in [1.82, 2.24) is 0 Å². The zero-order valence-electron chi connectivity index (χ0n) is 8.50. The maximum atomic E-state index is 10.5. The number of hydrogen-bond acceptors (Lipinski definition) is 2. The van der Waals surface area contributed by atoms with Crippen LogP contribution >= 0.6 is 0 Å². The monoisotopic (exact) mass is 184 g/mol. The number of aldehydes is 1. The average Bonchev–Trinajstić information content (AvgIpc) is 2.19. The maximum absolute atomic E-state index is 10.5. The Kier molecular flexibility index (Phi) is 5.06. The standard InChI is InChI=1S/C11H20O2/c1-2-7-13-9-11-5-3-10(8-12)4-6-11/h8,10-11H,2-7,9H2,1H3. The van der Waals surface area contributed by atoms with Crippen LogP contribution in [0.1, 0.15) is 39.0 Å². The van der Waals surface area contributed by atoms with Crippen molar-refractivity contribution < 1.29 is 9.53 Å². The summed E-state index contributed by atoms with van der Waals surface area (Å²) in [4.78, 5) is 10.5. The average molecular weight is 184 g/mol. The van der Waals surface area contributed by atoms with E-state index < -0.39 is 0 Å². The van der Waals surface area contributed by atoms with Crippen LogP contribution in [0.15, 0.2) is 0 Å². The van der Waals surface area contributed by atoms with Crippen molar-refractivity contribution in [3.63, 3.8) is 0 Å². The van der Waals surface area contributed by atoms with Gasteiger partial charge in [-0.3, -0.25) is 0 Å². The lowest BCUT2D eigenvalue weighted by atomic mass is 9.83. The molecule has 1 aliphatic carbocycles. The quantitative estimate of drug-likeness (QED) is 0.484. The van der Waals surface area contributed by atoms with Gasteiger partial charge >= 0.3 is 0 Å². The molecule has 0 unspecified atom stereocenters. The van der Waals surface area contributed by atoms with Gasteiger partial charge in [-0.15, -0.1) is 0 Å². The minimum absolute atomic E-state index is 0.336. The van der Waals surface area contributed by atoms with Crippen LogP contribution < -0.4 is 0 Å². The van der Waals surface area contributed by atoms with Crippen LogP contribution in [0.3, 0.4) is 0 Å². The van der Waals surface area contributed by atoms with Crippen LogP contribution in [0, 0.1) is 11.8 Å². The Bertz CT molecular complexity index is 137. The molecule has 13 heavy (non-hydrogen) atoms. The molecule has 1 fully saturated rings. The Hall–Kier alpha value is -0.370. The van der Waals surface area contributed by atoms with E-state index in [-0.39, 0.29) is 0 Å². The van der Waals surface area contributed by atoms with Crippen molar-refractivity contribution in [2.75, 3.05) is 13.2 Å². The van der Waals surface area contributed by atoms with E-state index in [1.54, 1.807) is 0 Å². The maximum Gasteiger partial charge on any atom is 0.123 e. The number of rotatable bonds is 5. The van der Waals surface area contributed by atoms with Gasteiger partial charge in [-0.1, -0.05) is 6.92 Å². The van der Waals surface area contributed by atoms with E-state index >= 15 is 0 Å². The summed E-state index contributed by atoms with van der Waals surface area (Å²) >= 11 is 0. The Labute approximate surface area is 80.7 Å². The topological polar surface area (TPSA) is 26.3 Å². The lowest BCUT2D eigenvalue weighted by molar-refractivity contribution is -0.112. The van der Waals surface area contributed by atoms with Crippen LogP contribution in [0.4, 0.5) is 0 Å². The predicted octanol–water partition coefficient (Wildman–Crippen LogP) is 2.42. The first-order valence-electron chi connectivity index (χ1n) is 5.39. The summed E-state index contributed by atoms with van der Waals surface area (Å²) in [6, 6.07) is 0. The highest BCUT2D eigenvalue weighted by Gasteiger charge is 2.20. The molecule has 0 aliphatic heterocycles. The van der Waals surface area contributed by atoms with Gasteiger partial charge in [0.2, 0.25) is 0 Å². The molecule has 2 heteroatoms. The van der Waals surface area contributed by atoms with E-state index in [1.165, 1.54) is 12.8 Å². The van der Waals surface area contributed by atoms with Gasteiger partial charge in [0.1, 0.15) is 6.29 Å². The molecule has 0 bridgehead atoms. The summed E-state index contributed by atoms with van der Waals surface area (Å²) in [5.74, 6) is 1.05. The van der Waals surface area contributed by atoms with Crippen molar-refractivity contribution in [3.05, 3.63) is 0 Å². The molecule has 1 aliphatic rings. The van der Waals surface area contributed by atoms with E-state index in [1.807, 2.05) is 0 Å². The lowest BCUT2D eigenvalue weighted by Gasteiger charge is -2.24. The Morgan fingerprint density at radius 3 is 2.54 bits per heavy atom. The number of carbonyl (C=O) groups is 1. The van der Waals surface area contributed by atoms with E-state index in [9.17, 15) is 4.79 Å². The van der Waals surface area contributed by atoms with E-state index in [4.69, 9.17) is 4.74 Å². The molecule has 0 amide bonds. The number of carbonyl (C=O) groups excluding carboxylic acids is 1. The second-order valence-electron chi connectivity index (χ2n) is 3.99. The molecule has 0 N–H and O–H groups in total. The van der Waals surface area contributed by atoms with Crippen LogP contribution in [0.2, 0.25) is 0 Å². The lowest BCUT2D eigenvalue weighted by Crippen LogP contribution is -2.19. The van der Waals surface area contributed by atoms with Crippen LogP contribution in [0.5, 0.6) is 0 Å². The summed E-state index contributed by atoms with van der Waals surface area (Å²) in [5, 5.41) is 0. The first-order valence-corrected chi connectivity index (χ1v) is 5.39. The number of hydrogen-bond donors (Lipinski definition) is 0. The minimum atomic E-state index is 0.336. The van der Waals surface area contributed by atoms with Gasteiger partial charge in [-0.05, 0) is 38.0 Å². The molecule has 2 nitrogen and oxygen atoms in total. The third-order valence-electron chi connectivity index (χ3n) is 2.79. The molecular weight excluding hydrogens is 164 g/mol. The zero-order chi connectivity index (χ0) is 9.52. The van der Waals surface area contributed by atoms with Crippen LogP contribution in [-0.2, 0) is 9.53 Å². The van der Waals surface area contributed by atoms with Gasteiger partial charge in [-0.25, -0.2) is 0 Å². The second kappa shape index (κ2) is 6.14. The molecule has 0 saturated heterocycles. The highest BCUT2D eigenvalue weighted by Crippen LogP contribution is 2.27. The molecule has 76 valence electrons. The highest BCUT2D eigenvalue weighted by molar-refractivity contribution is 5.53. The zero-order valence-corrected chi connectivity index (χ0v) is 8.50. The normalized spacial score (nSPS) is 28.7. The van der Waals surface area contributed by atoms with Crippen LogP contribution in [-0.4, -0.2) is 19.5 Å². The summed E-state index contributed by atoms with van der Waals surface area (Å²) in [5.41, 5.74) is 0. The molecule has 0 atom stereocenters. The largest absolute Gasteiger partial charge is 0.381 e. The van der Waals surface area contributed by atoms with Gasteiger partial charge in [0, 0.05) is 19.1 Å². The molecule has 0 aromatic carbocycles. The van der Waals surface area contributed by atoms with Gasteiger partial charge in [-0.2, -0.15) is 0 Å². The first-order chi connectivity index (χ1) is 6.36. The van der Waals surface area contributed by atoms with Crippen LogP contribution in [0.25, 0.3) is 0 Å². The highest BCUT2D eigenvalue weighted by atomic mass is 16.5. The molecule has 0 spiro atoms. The Balaban J connectivity index is 2.07. The SMILES string of the molecule is CCCOCC1CCC(C=O)CC1. The Morgan fingerprint density at radius 2 is 2.00 bits per heavy atom. The van der Waals surface area contributed by atoms with Gasteiger partial charge in [0.15, 0.2) is 0 Å². The van der Waals surface area contributed by atoms with Crippen molar-refractivity contribution in [2.24, 2.45) is 11.8 Å². The van der Waals surface area contributed by atoms with E-state index in [0.717, 1.165) is 38.8 Å². The van der Waals surface area contributed by atoms with Crippen molar-refractivity contribution in [2.45, 2.75) is 39.0 Å². The van der Waals surface area contributed by atoms with Crippen molar-refractivity contribution >= 4 is 6.29 Å². The van der Waals surface area contributed by atoms with Gasteiger partial charge < -0.3 is 9.53 Å². The van der Waals surface area contributed by atoms with Crippen molar-refractivity contribution in [3.8, 4) is 0 Å². The molecule has 0 radical (unpaired) electrons. The molecule has 1 rings (SSSR count). The van der Waals surface area contributed by atoms with E-state index in [0.29, 0.717) is 11.8 Å². The van der Waals surface area contributed by atoms with E-state index in [2.05, 4.69) is 6.92 Å². The van der Waals surface area contributed by atoms with Gasteiger partial charge in [0.25, 0.3) is 0 Å². The fraction of sp³-hybridized carbons (Fsp3) is 0.909. The Morgan fingerprint density at radius 1 is 1.31 bits per heavy atom. The fourth-order valence-corrected chi connectivity index (χ4v) is 1.89. The number of ether oxygens (including phenoxy) is 1. The third-order valence-corrected chi connectivity index (χ3v) is 2.79. The smallest absolute Gasteiger partial charge is 0.123 e. The fourth-order valence-electron chi connectivity index (χ4n) is 1.89. The summed E-state index contributed by atoms with van der Waals surface area (Å²) in [7, 11) is 0. The van der Waals surface area contributed by atoms with Crippen molar-refractivity contribution in [1.29, 1.82) is 0 Å². The first kappa shape index (κ1) is 10.7. The molecule has 0 aromatic rings. The second-order valence-corrected chi connectivity index (χ2v) is 3.99. The summed E-state index contributed by atoms with van der Waals surface area (Å²) in [6.45, 7) is 3.91. The van der Waals surface area contributed by atoms with Gasteiger partial charge in [0.05, 0.1) is 0 Å². The molecular formula is C11H20O2. The summed E-state index contributed by atoms with van der Waals surface area (Å²) in [6.07, 6.45) is 6.71. The predicted molar refractivity (Wildman–Crippen MR) is 52.6 cm³/mol. The minimum Gasteiger partial charge on any atom is -0.381 e. The molecule has 0 aromatic heterocycles. The third kappa shape index (κ3) is 3.90.